The number of rotatable bonds is 10. The molecule has 2 heterocycles. The van der Waals surface area contributed by atoms with Gasteiger partial charge in [-0.05, 0) is 23.3 Å². The van der Waals surface area contributed by atoms with Crippen LogP contribution in [0.4, 0.5) is 11.4 Å². The third-order valence-corrected chi connectivity index (χ3v) is 6.89. The standard InChI is InChI=1S/C28H24N14O8/c29-27(30)39-37-19(21-25(45)35-17-9-13(41(47)48)5-7-15(17)33-21)23(43)11-1-2-12(4-3-11)24(44)20(38-40-28(31)32)22-26(46)36-18-10-14(42(49)50)6-8-16(18)34-22/h1-10,23-24,43-44H,(H,35,45)(H,36,46)(H4,29,30,39)(H4,31,32,40)/b37-19-,38-20+/t23-,24-/m1/s1. The number of hydrogen-bond donors (Lipinski definition) is 8. The number of fused-ring (bicyclic) bond motifs is 2. The molecule has 0 saturated heterocycles. The molecule has 0 amide bonds. The van der Waals surface area contributed by atoms with Crippen LogP contribution < -0.4 is 34.1 Å². The third-order valence-electron chi connectivity index (χ3n) is 6.89. The lowest BCUT2D eigenvalue weighted by molar-refractivity contribution is -0.384. The average Bonchev–Trinajstić information content (AvgIpc) is 3.07. The minimum Gasteiger partial charge on any atom is -0.382 e. The number of aliphatic hydroxyl groups is 2. The van der Waals surface area contributed by atoms with Crippen LogP contribution in [0, 0.1) is 20.2 Å². The molecule has 0 spiro atoms. The van der Waals surface area contributed by atoms with E-state index >= 15 is 0 Å². The molecule has 254 valence electrons. The van der Waals surface area contributed by atoms with Crippen LogP contribution in [0.1, 0.15) is 34.7 Å². The number of non-ortho nitro benzene ring substituents is 2. The number of nitrogens with zero attached hydrogens (tertiary/aromatic N) is 8. The van der Waals surface area contributed by atoms with Crippen LogP contribution in [0.2, 0.25) is 0 Å². The molecule has 12 N–H and O–H groups in total. The molecular formula is C28H24N14O8. The van der Waals surface area contributed by atoms with Crippen LogP contribution in [0.15, 0.2) is 90.7 Å². The first-order chi connectivity index (χ1) is 23.7. The highest BCUT2D eigenvalue weighted by atomic mass is 16.6. The van der Waals surface area contributed by atoms with Gasteiger partial charge in [-0.3, -0.25) is 29.8 Å². The van der Waals surface area contributed by atoms with Crippen molar-refractivity contribution in [2.75, 3.05) is 0 Å². The van der Waals surface area contributed by atoms with E-state index in [9.17, 15) is 40.0 Å². The van der Waals surface area contributed by atoms with E-state index in [1.165, 1.54) is 48.5 Å². The Morgan fingerprint density at radius 2 is 1.00 bits per heavy atom. The molecule has 2 atom stereocenters. The molecule has 5 aromatic rings. The Labute approximate surface area is 276 Å². The summed E-state index contributed by atoms with van der Waals surface area (Å²) in [6.45, 7) is 0. The van der Waals surface area contributed by atoms with Crippen molar-refractivity contribution >= 4 is 56.8 Å². The summed E-state index contributed by atoms with van der Waals surface area (Å²) in [5.41, 5.74) is 18.2. The number of aliphatic hydroxyl groups excluding tert-OH is 2. The maximum atomic E-state index is 13.0. The zero-order valence-corrected chi connectivity index (χ0v) is 25.2. The lowest BCUT2D eigenvalue weighted by Gasteiger charge is -2.16. The minimum absolute atomic E-state index is 0.0428. The van der Waals surface area contributed by atoms with Crippen LogP contribution in [0.25, 0.3) is 22.1 Å². The van der Waals surface area contributed by atoms with Gasteiger partial charge in [0, 0.05) is 24.3 Å². The number of aromatic amines is 2. The zero-order chi connectivity index (χ0) is 36.3. The number of nitrogens with two attached hydrogens (primary N) is 4. The van der Waals surface area contributed by atoms with Crippen molar-refractivity contribution in [2.24, 2.45) is 43.3 Å². The fraction of sp³-hybridized carbons (Fsp3) is 0.0714. The normalized spacial score (nSPS) is 13.1. The second-order valence-electron chi connectivity index (χ2n) is 10.2. The second-order valence-corrected chi connectivity index (χ2v) is 10.2. The van der Waals surface area contributed by atoms with Crippen LogP contribution in [0.5, 0.6) is 0 Å². The quantitative estimate of drug-likeness (QED) is 0.0394. The van der Waals surface area contributed by atoms with Gasteiger partial charge in [-0.15, -0.1) is 20.4 Å². The summed E-state index contributed by atoms with van der Waals surface area (Å²) in [7, 11) is 0. The molecule has 0 aliphatic carbocycles. The van der Waals surface area contributed by atoms with Gasteiger partial charge in [0.05, 0.1) is 31.9 Å². The Morgan fingerprint density at radius 1 is 0.640 bits per heavy atom. The van der Waals surface area contributed by atoms with E-state index in [0.29, 0.717) is 0 Å². The van der Waals surface area contributed by atoms with E-state index in [1.54, 1.807) is 0 Å². The predicted octanol–water partition coefficient (Wildman–Crippen LogP) is -0.602. The van der Waals surface area contributed by atoms with Crippen molar-refractivity contribution in [3.05, 3.63) is 124 Å². The summed E-state index contributed by atoms with van der Waals surface area (Å²) < 4.78 is 0. The highest BCUT2D eigenvalue weighted by Gasteiger charge is 2.26. The van der Waals surface area contributed by atoms with E-state index in [2.05, 4.69) is 40.3 Å². The number of aromatic nitrogens is 4. The van der Waals surface area contributed by atoms with E-state index < -0.39 is 67.9 Å². The van der Waals surface area contributed by atoms with Crippen molar-refractivity contribution in [3.63, 3.8) is 0 Å². The van der Waals surface area contributed by atoms with Crippen molar-refractivity contribution < 1.29 is 20.1 Å². The molecule has 0 radical (unpaired) electrons. The molecule has 3 aromatic carbocycles. The molecule has 22 heteroatoms. The van der Waals surface area contributed by atoms with Gasteiger partial charge in [-0.1, -0.05) is 24.3 Å². The lowest BCUT2D eigenvalue weighted by Crippen LogP contribution is -2.27. The average molecular weight is 685 g/mol. The molecule has 0 saturated carbocycles. The van der Waals surface area contributed by atoms with E-state index in [1.807, 2.05) is 0 Å². The maximum Gasteiger partial charge on any atom is 0.276 e. The fourth-order valence-electron chi connectivity index (χ4n) is 4.59. The van der Waals surface area contributed by atoms with Crippen LogP contribution >= 0.6 is 0 Å². The fourth-order valence-corrected chi connectivity index (χ4v) is 4.59. The highest BCUT2D eigenvalue weighted by Crippen LogP contribution is 2.25. The van der Waals surface area contributed by atoms with Gasteiger partial charge in [0.15, 0.2) is 11.4 Å². The summed E-state index contributed by atoms with van der Waals surface area (Å²) in [5.74, 6) is -1.02. The Hall–Kier alpha value is -7.46. The topological polar surface area (TPSA) is 372 Å². The summed E-state index contributed by atoms with van der Waals surface area (Å²) in [6, 6.07) is 12.5. The largest absolute Gasteiger partial charge is 0.382 e. The molecule has 2 aromatic heterocycles. The van der Waals surface area contributed by atoms with Gasteiger partial charge in [0.2, 0.25) is 11.9 Å². The zero-order valence-electron chi connectivity index (χ0n) is 25.2. The summed E-state index contributed by atoms with van der Waals surface area (Å²) in [5, 5.41) is 59.7. The molecule has 22 nitrogen and oxygen atoms in total. The minimum atomic E-state index is -1.70. The van der Waals surface area contributed by atoms with Gasteiger partial charge < -0.3 is 43.1 Å². The molecule has 0 fully saturated rings. The monoisotopic (exact) mass is 684 g/mol. The molecular weight excluding hydrogens is 660 g/mol. The molecule has 0 unspecified atom stereocenters. The maximum absolute atomic E-state index is 13.0. The van der Waals surface area contributed by atoms with Gasteiger partial charge in [0.1, 0.15) is 23.6 Å². The molecule has 5 rings (SSSR count). The van der Waals surface area contributed by atoms with Crippen LogP contribution in [-0.2, 0) is 0 Å². The Morgan fingerprint density at radius 3 is 1.32 bits per heavy atom. The van der Waals surface area contributed by atoms with Crippen molar-refractivity contribution in [1.82, 2.24) is 19.9 Å². The second kappa shape index (κ2) is 13.7. The molecule has 0 aliphatic heterocycles. The first-order valence-corrected chi connectivity index (χ1v) is 13.9. The SMILES string of the molecule is NC(N)=N/N=C(/c1nc2ccc([N+](=O)[O-])cc2[nH]c1=O)[C@H](O)c1ccc([C@@H](O)/C(=N/N=C(N)N)c2nc3ccc([N+](=O)[O-])cc3[nH]c2=O)cc1. The van der Waals surface area contributed by atoms with Crippen LogP contribution in [-0.4, -0.2) is 63.3 Å². The summed E-state index contributed by atoms with van der Waals surface area (Å²) in [6.07, 6.45) is -3.39. The Bertz CT molecular complexity index is 2240. The number of H-pyrrole nitrogens is 2. The number of nitro groups is 2. The molecule has 0 aliphatic rings. The summed E-state index contributed by atoms with van der Waals surface area (Å²) >= 11 is 0. The number of nitrogens with one attached hydrogen (secondary N) is 2. The van der Waals surface area contributed by atoms with E-state index in [4.69, 9.17) is 22.9 Å². The lowest BCUT2D eigenvalue weighted by atomic mass is 9.97. The van der Waals surface area contributed by atoms with Gasteiger partial charge in [-0.2, -0.15) is 0 Å². The van der Waals surface area contributed by atoms with E-state index in [0.717, 1.165) is 12.1 Å². The smallest absolute Gasteiger partial charge is 0.276 e. The van der Waals surface area contributed by atoms with E-state index in [-0.39, 0.29) is 44.6 Å². The van der Waals surface area contributed by atoms with Gasteiger partial charge in [-0.25, -0.2) is 9.97 Å². The number of hydrogen-bond acceptors (Lipinski definition) is 14. The Kier molecular flexibility index (Phi) is 9.30. The molecule has 0 bridgehead atoms. The first-order valence-electron chi connectivity index (χ1n) is 13.9. The van der Waals surface area contributed by atoms with Crippen LogP contribution in [0.3, 0.4) is 0 Å². The predicted molar refractivity (Wildman–Crippen MR) is 179 cm³/mol. The van der Waals surface area contributed by atoms with Crippen molar-refractivity contribution in [1.29, 1.82) is 0 Å². The van der Waals surface area contributed by atoms with Gasteiger partial charge in [0.25, 0.3) is 22.5 Å². The number of nitro benzene ring substituents is 2. The van der Waals surface area contributed by atoms with Gasteiger partial charge >= 0.3 is 0 Å². The third kappa shape index (κ3) is 7.09. The van der Waals surface area contributed by atoms with Crippen molar-refractivity contribution in [2.45, 2.75) is 12.2 Å². The number of benzene rings is 3. The first kappa shape index (κ1) is 33.9. The number of guanidine groups is 2. The molecule has 50 heavy (non-hydrogen) atoms. The highest BCUT2D eigenvalue weighted by molar-refractivity contribution is 6.04. The Balaban J connectivity index is 1.53. The summed E-state index contributed by atoms with van der Waals surface area (Å²) in [4.78, 5) is 60.4. The van der Waals surface area contributed by atoms with Crippen molar-refractivity contribution in [3.8, 4) is 0 Å².